The molecule has 130 valence electrons. The topological polar surface area (TPSA) is 57.8 Å². The van der Waals surface area contributed by atoms with Crippen molar-refractivity contribution in [2.75, 3.05) is 0 Å². The largest absolute Gasteiger partial charge is 0.309 e. The second kappa shape index (κ2) is 7.56. The minimum absolute atomic E-state index is 0.123. The Kier molecular flexibility index (Phi) is 5.42. The minimum atomic E-state index is -0.161. The molecule has 25 heavy (non-hydrogen) atoms. The molecule has 0 spiro atoms. The first-order valence-electron chi connectivity index (χ1n) is 8.11. The summed E-state index contributed by atoms with van der Waals surface area (Å²) in [7, 11) is 0. The third-order valence-corrected chi connectivity index (χ3v) is 4.59. The van der Waals surface area contributed by atoms with Gasteiger partial charge in [0.1, 0.15) is 5.82 Å². The van der Waals surface area contributed by atoms with E-state index in [1.807, 2.05) is 24.3 Å². The van der Waals surface area contributed by atoms with Gasteiger partial charge in [-0.25, -0.2) is 4.98 Å². The fourth-order valence-electron chi connectivity index (χ4n) is 2.86. The monoisotopic (exact) mass is 375 g/mol. The van der Waals surface area contributed by atoms with Gasteiger partial charge in [-0.2, -0.15) is 0 Å². The van der Waals surface area contributed by atoms with Crippen LogP contribution in [0, 0.1) is 5.92 Å². The number of H-pyrrole nitrogens is 1. The summed E-state index contributed by atoms with van der Waals surface area (Å²) >= 11 is 12.0. The van der Waals surface area contributed by atoms with Crippen LogP contribution in [0.3, 0.4) is 0 Å². The number of halogens is 2. The Morgan fingerprint density at radius 2 is 1.76 bits per heavy atom. The highest BCUT2D eigenvalue weighted by molar-refractivity contribution is 6.31. The molecule has 0 radical (unpaired) electrons. The third kappa shape index (κ3) is 4.21. The van der Waals surface area contributed by atoms with Gasteiger partial charge in [-0.15, -0.1) is 0 Å². The van der Waals surface area contributed by atoms with Crippen molar-refractivity contribution in [1.82, 2.24) is 15.3 Å². The SMILES string of the molecule is CC(C)[C@@H](NCc1nc2cc(Cl)ccc2c(=O)[nH]1)c1ccc(Cl)cc1. The lowest BCUT2D eigenvalue weighted by Gasteiger charge is -2.23. The molecule has 1 atom stereocenters. The van der Waals surface area contributed by atoms with E-state index >= 15 is 0 Å². The van der Waals surface area contributed by atoms with Crippen molar-refractivity contribution in [2.45, 2.75) is 26.4 Å². The summed E-state index contributed by atoms with van der Waals surface area (Å²) in [5.74, 6) is 0.946. The van der Waals surface area contributed by atoms with E-state index < -0.39 is 0 Å². The molecular formula is C19H19Cl2N3O. The van der Waals surface area contributed by atoms with E-state index in [1.54, 1.807) is 18.2 Å². The first-order valence-corrected chi connectivity index (χ1v) is 8.87. The summed E-state index contributed by atoms with van der Waals surface area (Å²) in [5, 5.41) is 5.28. The van der Waals surface area contributed by atoms with Gasteiger partial charge in [-0.05, 0) is 41.8 Å². The number of fused-ring (bicyclic) bond motifs is 1. The molecule has 4 nitrogen and oxygen atoms in total. The summed E-state index contributed by atoms with van der Waals surface area (Å²) in [6.07, 6.45) is 0. The van der Waals surface area contributed by atoms with Crippen LogP contribution in [0.1, 0.15) is 31.3 Å². The van der Waals surface area contributed by atoms with Crippen LogP contribution in [0.25, 0.3) is 10.9 Å². The predicted molar refractivity (Wildman–Crippen MR) is 103 cm³/mol. The smallest absolute Gasteiger partial charge is 0.258 e. The molecule has 2 N–H and O–H groups in total. The zero-order valence-electron chi connectivity index (χ0n) is 14.0. The number of aromatic nitrogens is 2. The Labute approximate surface area is 156 Å². The van der Waals surface area contributed by atoms with Gasteiger partial charge in [0, 0.05) is 16.1 Å². The van der Waals surface area contributed by atoms with Crippen molar-refractivity contribution in [3.05, 3.63) is 74.3 Å². The van der Waals surface area contributed by atoms with Crippen LogP contribution in [0.5, 0.6) is 0 Å². The molecule has 0 unspecified atom stereocenters. The Hall–Kier alpha value is -1.88. The number of benzene rings is 2. The van der Waals surface area contributed by atoms with Crippen LogP contribution in [-0.2, 0) is 6.54 Å². The normalized spacial score (nSPS) is 12.7. The first-order chi connectivity index (χ1) is 11.9. The summed E-state index contributed by atoms with van der Waals surface area (Å²) in [5.41, 5.74) is 1.58. The van der Waals surface area contributed by atoms with E-state index in [4.69, 9.17) is 23.2 Å². The maximum absolute atomic E-state index is 12.2. The Morgan fingerprint density at radius 3 is 2.44 bits per heavy atom. The van der Waals surface area contributed by atoms with Crippen LogP contribution in [0.4, 0.5) is 0 Å². The lowest BCUT2D eigenvalue weighted by molar-refractivity contribution is 0.406. The van der Waals surface area contributed by atoms with Gasteiger partial charge in [-0.3, -0.25) is 4.79 Å². The minimum Gasteiger partial charge on any atom is -0.309 e. The third-order valence-electron chi connectivity index (χ3n) is 4.10. The average Bonchev–Trinajstić information content (AvgIpc) is 2.56. The fraction of sp³-hybridized carbons (Fsp3) is 0.263. The van der Waals surface area contributed by atoms with Crippen molar-refractivity contribution >= 4 is 34.1 Å². The zero-order valence-corrected chi connectivity index (χ0v) is 15.5. The lowest BCUT2D eigenvalue weighted by Crippen LogP contribution is -2.27. The Balaban J connectivity index is 1.84. The van der Waals surface area contributed by atoms with Gasteiger partial charge < -0.3 is 10.3 Å². The van der Waals surface area contributed by atoms with Gasteiger partial charge in [-0.1, -0.05) is 49.2 Å². The molecule has 0 aliphatic heterocycles. The first kappa shape index (κ1) is 17.9. The lowest BCUT2D eigenvalue weighted by atomic mass is 9.96. The molecule has 0 amide bonds. The molecule has 3 rings (SSSR count). The molecule has 0 saturated carbocycles. The van der Waals surface area contributed by atoms with E-state index in [-0.39, 0.29) is 11.6 Å². The highest BCUT2D eigenvalue weighted by Gasteiger charge is 2.16. The summed E-state index contributed by atoms with van der Waals surface area (Å²) in [6.45, 7) is 4.73. The highest BCUT2D eigenvalue weighted by Crippen LogP contribution is 2.23. The van der Waals surface area contributed by atoms with Crippen molar-refractivity contribution in [2.24, 2.45) is 5.92 Å². The molecule has 0 bridgehead atoms. The Morgan fingerprint density at radius 1 is 1.08 bits per heavy atom. The van der Waals surface area contributed by atoms with Crippen LogP contribution in [0.15, 0.2) is 47.3 Å². The second-order valence-electron chi connectivity index (χ2n) is 6.33. The van der Waals surface area contributed by atoms with Gasteiger partial charge >= 0.3 is 0 Å². The maximum atomic E-state index is 12.2. The number of rotatable bonds is 5. The fourth-order valence-corrected chi connectivity index (χ4v) is 3.15. The van der Waals surface area contributed by atoms with E-state index in [0.29, 0.717) is 39.2 Å². The summed E-state index contributed by atoms with van der Waals surface area (Å²) in [4.78, 5) is 19.6. The van der Waals surface area contributed by atoms with E-state index in [0.717, 1.165) is 5.56 Å². The molecule has 1 aromatic heterocycles. The number of nitrogens with zero attached hydrogens (tertiary/aromatic N) is 1. The second-order valence-corrected chi connectivity index (χ2v) is 7.20. The van der Waals surface area contributed by atoms with E-state index in [9.17, 15) is 4.79 Å². The summed E-state index contributed by atoms with van der Waals surface area (Å²) in [6, 6.07) is 13.0. The van der Waals surface area contributed by atoms with Crippen molar-refractivity contribution in [1.29, 1.82) is 0 Å². The molecular weight excluding hydrogens is 357 g/mol. The standard InChI is InChI=1S/C19H19Cl2N3O/c1-11(2)18(12-3-5-13(20)6-4-12)22-10-17-23-16-9-14(21)7-8-15(16)19(25)24-17/h3-9,11,18,22H,10H2,1-2H3,(H,23,24,25)/t18-/m1/s1. The number of hydrogen-bond donors (Lipinski definition) is 2. The zero-order chi connectivity index (χ0) is 18.0. The Bertz CT molecular complexity index is 936. The van der Waals surface area contributed by atoms with Crippen molar-refractivity contribution in [3.8, 4) is 0 Å². The number of nitrogens with one attached hydrogen (secondary N) is 2. The van der Waals surface area contributed by atoms with Gasteiger partial charge in [0.25, 0.3) is 5.56 Å². The molecule has 0 aliphatic carbocycles. The molecule has 2 aromatic carbocycles. The maximum Gasteiger partial charge on any atom is 0.258 e. The predicted octanol–water partition coefficient (Wildman–Crippen LogP) is 4.72. The highest BCUT2D eigenvalue weighted by atomic mass is 35.5. The van der Waals surface area contributed by atoms with Gasteiger partial charge in [0.2, 0.25) is 0 Å². The molecule has 0 saturated heterocycles. The quantitative estimate of drug-likeness (QED) is 0.678. The van der Waals surface area contributed by atoms with Crippen LogP contribution < -0.4 is 10.9 Å². The number of aromatic amines is 1. The molecule has 6 heteroatoms. The van der Waals surface area contributed by atoms with Crippen molar-refractivity contribution < 1.29 is 0 Å². The van der Waals surface area contributed by atoms with Gasteiger partial charge in [0.15, 0.2) is 0 Å². The van der Waals surface area contributed by atoms with Gasteiger partial charge in [0.05, 0.1) is 17.4 Å². The van der Waals surface area contributed by atoms with Crippen LogP contribution >= 0.6 is 23.2 Å². The molecule has 0 fully saturated rings. The number of hydrogen-bond acceptors (Lipinski definition) is 3. The average molecular weight is 376 g/mol. The summed E-state index contributed by atoms with van der Waals surface area (Å²) < 4.78 is 0. The molecule has 3 aromatic rings. The molecule has 1 heterocycles. The van der Waals surface area contributed by atoms with Crippen LogP contribution in [0.2, 0.25) is 10.0 Å². The van der Waals surface area contributed by atoms with E-state index in [1.165, 1.54) is 0 Å². The van der Waals surface area contributed by atoms with Crippen molar-refractivity contribution in [3.63, 3.8) is 0 Å². The van der Waals surface area contributed by atoms with E-state index in [2.05, 4.69) is 29.1 Å². The van der Waals surface area contributed by atoms with Crippen LogP contribution in [-0.4, -0.2) is 9.97 Å². The molecule has 0 aliphatic rings.